The Hall–Kier alpha value is -1.12. The molecular formula is C8H12N2O4S2. The van der Waals surface area contributed by atoms with Gasteiger partial charge in [-0.15, -0.1) is 11.3 Å². The Kier molecular flexibility index (Phi) is 4.27. The van der Waals surface area contributed by atoms with Gasteiger partial charge < -0.3 is 10.1 Å². The van der Waals surface area contributed by atoms with Crippen molar-refractivity contribution < 1.29 is 17.9 Å². The maximum atomic E-state index is 11.6. The highest BCUT2D eigenvalue weighted by Crippen LogP contribution is 2.23. The standard InChI is InChI=1S/C8H12N2O4S2/c1-14-6-2-4-15-7(6)8(11)10-3-5-16(9,12)13/h2,4H,3,5H2,1H3,(H,10,11)(H2,9,12,13). The lowest BCUT2D eigenvalue weighted by molar-refractivity contribution is 0.0957. The number of primary sulfonamides is 1. The van der Waals surface area contributed by atoms with Crippen LogP contribution in [0.25, 0.3) is 0 Å². The van der Waals surface area contributed by atoms with Gasteiger partial charge in [-0.25, -0.2) is 13.6 Å². The van der Waals surface area contributed by atoms with Crippen LogP contribution >= 0.6 is 11.3 Å². The molecule has 16 heavy (non-hydrogen) atoms. The summed E-state index contributed by atoms with van der Waals surface area (Å²) in [4.78, 5) is 12.0. The van der Waals surface area contributed by atoms with Crippen LogP contribution in [0.2, 0.25) is 0 Å². The SMILES string of the molecule is COc1ccsc1C(=O)NCCS(N)(=O)=O. The van der Waals surface area contributed by atoms with Crippen LogP contribution in [0.1, 0.15) is 9.67 Å². The number of methoxy groups -OCH3 is 1. The van der Waals surface area contributed by atoms with Gasteiger partial charge in [-0.2, -0.15) is 0 Å². The number of ether oxygens (including phenoxy) is 1. The number of nitrogens with two attached hydrogens (primary N) is 1. The minimum Gasteiger partial charge on any atom is -0.495 e. The maximum absolute atomic E-state index is 11.6. The number of carbonyl (C=O) groups excluding carboxylic acids is 1. The second kappa shape index (κ2) is 5.28. The van der Waals surface area contributed by atoms with E-state index in [9.17, 15) is 13.2 Å². The lowest BCUT2D eigenvalue weighted by Gasteiger charge is -2.04. The molecule has 1 aromatic heterocycles. The summed E-state index contributed by atoms with van der Waals surface area (Å²) in [6, 6.07) is 1.67. The van der Waals surface area contributed by atoms with Crippen LogP contribution < -0.4 is 15.2 Å². The van der Waals surface area contributed by atoms with Crippen molar-refractivity contribution in [2.75, 3.05) is 19.4 Å². The summed E-state index contributed by atoms with van der Waals surface area (Å²) in [5.74, 6) is -0.180. The van der Waals surface area contributed by atoms with E-state index in [1.165, 1.54) is 18.4 Å². The van der Waals surface area contributed by atoms with Gasteiger partial charge in [0.15, 0.2) is 0 Å². The average molecular weight is 264 g/mol. The van der Waals surface area contributed by atoms with Gasteiger partial charge in [0.05, 0.1) is 12.9 Å². The fraction of sp³-hybridized carbons (Fsp3) is 0.375. The predicted molar refractivity (Wildman–Crippen MR) is 61.2 cm³/mol. The minimum atomic E-state index is -3.55. The Labute approximate surface area is 97.5 Å². The molecule has 0 aliphatic carbocycles. The molecule has 1 rings (SSSR count). The molecule has 8 heteroatoms. The van der Waals surface area contributed by atoms with Gasteiger partial charge in [-0.1, -0.05) is 0 Å². The number of thiophene rings is 1. The van der Waals surface area contributed by atoms with E-state index in [4.69, 9.17) is 9.88 Å². The zero-order valence-electron chi connectivity index (χ0n) is 8.60. The molecule has 6 nitrogen and oxygen atoms in total. The van der Waals surface area contributed by atoms with Crippen LogP contribution in [0, 0.1) is 0 Å². The first-order chi connectivity index (χ1) is 7.44. The van der Waals surface area contributed by atoms with E-state index in [-0.39, 0.29) is 18.2 Å². The van der Waals surface area contributed by atoms with Gasteiger partial charge in [-0.3, -0.25) is 4.79 Å². The molecule has 0 aliphatic rings. The van der Waals surface area contributed by atoms with Crippen LogP contribution in [0.5, 0.6) is 5.75 Å². The van der Waals surface area contributed by atoms with Crippen LogP contribution in [0.4, 0.5) is 0 Å². The number of hydrogen-bond donors (Lipinski definition) is 2. The minimum absolute atomic E-state index is 0.0152. The van der Waals surface area contributed by atoms with Gasteiger partial charge in [0, 0.05) is 6.54 Å². The molecule has 0 saturated carbocycles. The van der Waals surface area contributed by atoms with Crippen molar-refractivity contribution in [3.8, 4) is 5.75 Å². The smallest absolute Gasteiger partial charge is 0.265 e. The van der Waals surface area contributed by atoms with Gasteiger partial charge in [0.25, 0.3) is 5.91 Å². The van der Waals surface area contributed by atoms with Crippen LogP contribution in [-0.2, 0) is 10.0 Å². The molecule has 0 radical (unpaired) electrons. The van der Waals surface area contributed by atoms with Crippen molar-refractivity contribution in [2.45, 2.75) is 0 Å². The van der Waals surface area contributed by atoms with E-state index in [0.29, 0.717) is 10.6 Å². The molecule has 90 valence electrons. The fourth-order valence-corrected chi connectivity index (χ4v) is 2.17. The number of hydrogen-bond acceptors (Lipinski definition) is 5. The van der Waals surface area contributed by atoms with Gasteiger partial charge in [-0.05, 0) is 11.4 Å². The number of amides is 1. The molecule has 0 atom stereocenters. The summed E-state index contributed by atoms with van der Waals surface area (Å²) < 4.78 is 26.2. The van der Waals surface area contributed by atoms with Crippen molar-refractivity contribution in [2.24, 2.45) is 5.14 Å². The van der Waals surface area contributed by atoms with E-state index < -0.39 is 10.0 Å². The third-order valence-electron chi connectivity index (χ3n) is 1.73. The molecule has 0 spiro atoms. The molecule has 0 aromatic carbocycles. The highest BCUT2D eigenvalue weighted by Gasteiger charge is 2.13. The molecule has 1 heterocycles. The molecule has 1 amide bonds. The fourth-order valence-electron chi connectivity index (χ4n) is 1.01. The summed E-state index contributed by atoms with van der Waals surface area (Å²) in [6.45, 7) is -0.0152. The zero-order chi connectivity index (χ0) is 12.2. The first-order valence-corrected chi connectivity index (χ1v) is 6.93. The molecule has 0 fully saturated rings. The number of carbonyl (C=O) groups is 1. The van der Waals surface area contributed by atoms with Gasteiger partial charge >= 0.3 is 0 Å². The Balaban J connectivity index is 2.54. The molecule has 0 bridgehead atoms. The quantitative estimate of drug-likeness (QED) is 0.767. The Morgan fingerprint density at radius 1 is 1.62 bits per heavy atom. The van der Waals surface area contributed by atoms with E-state index >= 15 is 0 Å². The summed E-state index contributed by atoms with van der Waals surface area (Å²) in [6.07, 6.45) is 0. The second-order valence-corrected chi connectivity index (χ2v) is 5.59. The molecule has 3 N–H and O–H groups in total. The molecule has 0 aliphatic heterocycles. The first kappa shape index (κ1) is 12.9. The summed E-state index contributed by atoms with van der Waals surface area (Å²) in [5.41, 5.74) is 0. The summed E-state index contributed by atoms with van der Waals surface area (Å²) >= 11 is 1.22. The van der Waals surface area contributed by atoms with Crippen molar-refractivity contribution in [3.63, 3.8) is 0 Å². The van der Waals surface area contributed by atoms with Crippen molar-refractivity contribution in [1.29, 1.82) is 0 Å². The van der Waals surface area contributed by atoms with E-state index in [2.05, 4.69) is 5.32 Å². The summed E-state index contributed by atoms with van der Waals surface area (Å²) in [5, 5.41) is 8.96. The lowest BCUT2D eigenvalue weighted by atomic mass is 10.4. The topological polar surface area (TPSA) is 98.5 Å². The second-order valence-electron chi connectivity index (χ2n) is 2.94. The Morgan fingerprint density at radius 3 is 2.88 bits per heavy atom. The first-order valence-electron chi connectivity index (χ1n) is 4.34. The number of nitrogens with one attached hydrogen (secondary N) is 1. The highest BCUT2D eigenvalue weighted by atomic mass is 32.2. The monoisotopic (exact) mass is 264 g/mol. The maximum Gasteiger partial charge on any atom is 0.265 e. The third-order valence-corrected chi connectivity index (χ3v) is 3.39. The van der Waals surface area contributed by atoms with Gasteiger partial charge in [0.1, 0.15) is 10.6 Å². The van der Waals surface area contributed by atoms with Crippen molar-refractivity contribution >= 4 is 27.3 Å². The van der Waals surface area contributed by atoms with Crippen LogP contribution in [0.15, 0.2) is 11.4 Å². The van der Waals surface area contributed by atoms with Crippen LogP contribution in [0.3, 0.4) is 0 Å². The van der Waals surface area contributed by atoms with Crippen molar-refractivity contribution in [1.82, 2.24) is 5.32 Å². The Morgan fingerprint density at radius 2 is 2.31 bits per heavy atom. The molecule has 1 aromatic rings. The normalized spacial score (nSPS) is 11.1. The third kappa shape index (κ3) is 3.80. The van der Waals surface area contributed by atoms with Crippen molar-refractivity contribution in [3.05, 3.63) is 16.3 Å². The van der Waals surface area contributed by atoms with E-state index in [0.717, 1.165) is 0 Å². The number of sulfonamides is 1. The lowest BCUT2D eigenvalue weighted by Crippen LogP contribution is -2.31. The van der Waals surface area contributed by atoms with Crippen LogP contribution in [-0.4, -0.2) is 33.7 Å². The van der Waals surface area contributed by atoms with E-state index in [1.54, 1.807) is 11.4 Å². The predicted octanol–water partition coefficient (Wildman–Crippen LogP) is -0.225. The molecule has 0 saturated heterocycles. The van der Waals surface area contributed by atoms with Gasteiger partial charge in [0.2, 0.25) is 10.0 Å². The highest BCUT2D eigenvalue weighted by molar-refractivity contribution is 7.89. The Bertz CT molecular complexity index is 466. The average Bonchev–Trinajstić information content (AvgIpc) is 2.63. The summed E-state index contributed by atoms with van der Waals surface area (Å²) in [7, 11) is -2.09. The molecule has 0 unspecified atom stereocenters. The van der Waals surface area contributed by atoms with E-state index in [1.807, 2.05) is 0 Å². The zero-order valence-corrected chi connectivity index (χ0v) is 10.2. The largest absolute Gasteiger partial charge is 0.495 e. The molecular weight excluding hydrogens is 252 g/mol. The number of rotatable bonds is 5.